The van der Waals surface area contributed by atoms with Gasteiger partial charge in [0, 0.05) is 5.56 Å². The van der Waals surface area contributed by atoms with Gasteiger partial charge in [0.2, 0.25) is 11.7 Å². The highest BCUT2D eigenvalue weighted by atomic mass is 16.5. The van der Waals surface area contributed by atoms with Crippen LogP contribution >= 0.6 is 0 Å². The van der Waals surface area contributed by atoms with Gasteiger partial charge in [0.25, 0.3) is 0 Å². The molecule has 2 rings (SSSR count). The Morgan fingerprint density at radius 2 is 1.52 bits per heavy atom. The van der Waals surface area contributed by atoms with Crippen molar-refractivity contribution < 1.29 is 28.5 Å². The number of ketones is 1. The molecule has 0 saturated carbocycles. The first-order valence-electron chi connectivity index (χ1n) is 9.53. The molecule has 8 heteroatoms. The summed E-state index contributed by atoms with van der Waals surface area (Å²) < 4.78 is 21.3. The number of allylic oxidation sites excluding steroid dienone is 1. The molecule has 0 spiro atoms. The molecule has 166 valence electrons. The summed E-state index contributed by atoms with van der Waals surface area (Å²) in [7, 11) is 7.71. The van der Waals surface area contributed by atoms with Crippen LogP contribution in [0.25, 0.3) is 6.08 Å². The van der Waals surface area contributed by atoms with E-state index in [1.807, 2.05) is 0 Å². The van der Waals surface area contributed by atoms with Crippen molar-refractivity contribution in [3.05, 3.63) is 47.0 Å². The average molecular weight is 428 g/mol. The molecule has 0 saturated heterocycles. The zero-order valence-corrected chi connectivity index (χ0v) is 18.6. The van der Waals surface area contributed by atoms with Gasteiger partial charge in [-0.3, -0.25) is 9.59 Å². The maximum absolute atomic E-state index is 13.0. The molecule has 31 heavy (non-hydrogen) atoms. The van der Waals surface area contributed by atoms with E-state index in [1.165, 1.54) is 28.4 Å². The average Bonchev–Trinajstić information content (AvgIpc) is 2.77. The summed E-state index contributed by atoms with van der Waals surface area (Å²) in [5.74, 6) is 1.34. The minimum absolute atomic E-state index is 0.169. The molecule has 0 heterocycles. The molecule has 0 aliphatic carbocycles. The summed E-state index contributed by atoms with van der Waals surface area (Å²) >= 11 is 0. The monoisotopic (exact) mass is 428 g/mol. The quantitative estimate of drug-likeness (QED) is 0.443. The molecule has 0 unspecified atom stereocenters. The van der Waals surface area contributed by atoms with Gasteiger partial charge in [-0.1, -0.05) is 6.07 Å². The molecule has 8 nitrogen and oxygen atoms in total. The summed E-state index contributed by atoms with van der Waals surface area (Å²) in [5.41, 5.74) is 2.15. The van der Waals surface area contributed by atoms with E-state index < -0.39 is 0 Å². The summed E-state index contributed by atoms with van der Waals surface area (Å²) in [6, 6.07) is 8.51. The van der Waals surface area contributed by atoms with E-state index in [0.717, 1.165) is 5.56 Å². The number of methoxy groups -OCH3 is 4. The first-order chi connectivity index (χ1) is 14.9. The Bertz CT molecular complexity index is 959. The third-order valence-corrected chi connectivity index (χ3v) is 4.50. The van der Waals surface area contributed by atoms with Gasteiger partial charge < -0.3 is 29.6 Å². The number of anilines is 1. The number of ether oxygens (including phenoxy) is 4. The second kappa shape index (κ2) is 11.0. The second-order valence-electron chi connectivity index (χ2n) is 6.61. The zero-order chi connectivity index (χ0) is 23.0. The number of carbonyl (C=O) groups is 2. The molecular formula is C23H28N2O6. The van der Waals surface area contributed by atoms with Crippen molar-refractivity contribution in [3.63, 3.8) is 0 Å². The molecule has 0 atom stereocenters. The number of rotatable bonds is 10. The van der Waals surface area contributed by atoms with Gasteiger partial charge in [0.15, 0.2) is 17.3 Å². The lowest BCUT2D eigenvalue weighted by atomic mass is 10.0. The Labute approximate surface area is 182 Å². The molecule has 2 aromatic rings. The van der Waals surface area contributed by atoms with Crippen molar-refractivity contribution in [1.82, 2.24) is 5.32 Å². The maximum Gasteiger partial charge on any atom is 0.238 e. The van der Waals surface area contributed by atoms with Crippen LogP contribution in [-0.2, 0) is 4.79 Å². The number of carbonyl (C=O) groups excluding carboxylic acids is 2. The van der Waals surface area contributed by atoms with Crippen LogP contribution in [0.15, 0.2) is 35.9 Å². The number of nitrogens with one attached hydrogen (secondary N) is 2. The van der Waals surface area contributed by atoms with Gasteiger partial charge >= 0.3 is 0 Å². The van der Waals surface area contributed by atoms with Gasteiger partial charge in [-0.2, -0.15) is 0 Å². The van der Waals surface area contributed by atoms with Crippen molar-refractivity contribution >= 4 is 23.5 Å². The number of amides is 1. The lowest BCUT2D eigenvalue weighted by Gasteiger charge is -2.14. The van der Waals surface area contributed by atoms with E-state index in [2.05, 4.69) is 10.6 Å². The van der Waals surface area contributed by atoms with Gasteiger partial charge in [0.05, 0.1) is 40.7 Å². The van der Waals surface area contributed by atoms with Crippen LogP contribution in [0.2, 0.25) is 0 Å². The number of hydrogen-bond acceptors (Lipinski definition) is 7. The smallest absolute Gasteiger partial charge is 0.238 e. The Hall–Kier alpha value is -3.52. The zero-order valence-electron chi connectivity index (χ0n) is 18.6. The molecule has 1 amide bonds. The molecule has 0 aliphatic heterocycles. The molecule has 2 aromatic carbocycles. The topological polar surface area (TPSA) is 95.1 Å². The minimum Gasteiger partial charge on any atom is -0.495 e. The number of Topliss-reactive ketones (excluding diaryl/α,β-unsaturated/α-hetero) is 1. The first kappa shape index (κ1) is 23.8. The van der Waals surface area contributed by atoms with Crippen LogP contribution in [0.3, 0.4) is 0 Å². The molecule has 0 radical (unpaired) electrons. The summed E-state index contributed by atoms with van der Waals surface area (Å²) in [6.07, 6.45) is 1.73. The van der Waals surface area contributed by atoms with Crippen LogP contribution in [0.5, 0.6) is 23.0 Å². The van der Waals surface area contributed by atoms with Crippen LogP contribution in [0, 0.1) is 0 Å². The normalized spacial score (nSPS) is 11.0. The predicted octanol–water partition coefficient (Wildman–Crippen LogP) is 3.17. The highest BCUT2D eigenvalue weighted by molar-refractivity contribution is 6.11. The fourth-order valence-corrected chi connectivity index (χ4v) is 3.02. The lowest BCUT2D eigenvalue weighted by Crippen LogP contribution is -2.25. The maximum atomic E-state index is 13.0. The molecule has 2 N–H and O–H groups in total. The van der Waals surface area contributed by atoms with E-state index in [4.69, 9.17) is 18.9 Å². The summed E-state index contributed by atoms with van der Waals surface area (Å²) in [5, 5.41) is 5.59. The van der Waals surface area contributed by atoms with Crippen molar-refractivity contribution in [2.45, 2.75) is 6.92 Å². The van der Waals surface area contributed by atoms with E-state index in [-0.39, 0.29) is 18.2 Å². The molecule has 0 bridgehead atoms. The molecular weight excluding hydrogens is 400 g/mol. The lowest BCUT2D eigenvalue weighted by molar-refractivity contribution is -0.115. The SMILES string of the molecule is CNCC(=O)Nc1cc(C=C(C)C(=O)c2cc(OC)c(OC)c(OC)c2)ccc1OC. The van der Waals surface area contributed by atoms with Gasteiger partial charge in [-0.15, -0.1) is 0 Å². The highest BCUT2D eigenvalue weighted by Gasteiger charge is 2.18. The number of benzene rings is 2. The third-order valence-electron chi connectivity index (χ3n) is 4.50. The van der Waals surface area contributed by atoms with Crippen molar-refractivity contribution in [3.8, 4) is 23.0 Å². The fourth-order valence-electron chi connectivity index (χ4n) is 3.02. The Kier molecular flexibility index (Phi) is 8.45. The van der Waals surface area contributed by atoms with Crippen molar-refractivity contribution in [2.75, 3.05) is 47.3 Å². The largest absolute Gasteiger partial charge is 0.495 e. The van der Waals surface area contributed by atoms with E-state index in [9.17, 15) is 9.59 Å². The number of likely N-dealkylation sites (N-methyl/N-ethyl adjacent to an activating group) is 1. The fraction of sp³-hybridized carbons (Fsp3) is 0.304. The van der Waals surface area contributed by atoms with E-state index in [1.54, 1.807) is 50.4 Å². The van der Waals surface area contributed by atoms with Crippen LogP contribution < -0.4 is 29.6 Å². The Balaban J connectivity index is 2.38. The van der Waals surface area contributed by atoms with Gasteiger partial charge in [-0.25, -0.2) is 0 Å². The van der Waals surface area contributed by atoms with E-state index >= 15 is 0 Å². The van der Waals surface area contributed by atoms with Gasteiger partial charge in [-0.05, 0) is 55.4 Å². The molecule has 0 fully saturated rings. The Morgan fingerprint density at radius 3 is 2.03 bits per heavy atom. The third kappa shape index (κ3) is 5.76. The first-order valence-corrected chi connectivity index (χ1v) is 9.53. The molecule has 0 aromatic heterocycles. The van der Waals surface area contributed by atoms with Crippen molar-refractivity contribution in [2.24, 2.45) is 0 Å². The summed E-state index contributed by atoms with van der Waals surface area (Å²) in [4.78, 5) is 25.0. The minimum atomic E-state index is -0.202. The van der Waals surface area contributed by atoms with Crippen LogP contribution in [0.1, 0.15) is 22.8 Å². The van der Waals surface area contributed by atoms with Crippen molar-refractivity contribution in [1.29, 1.82) is 0 Å². The second-order valence-corrected chi connectivity index (χ2v) is 6.61. The predicted molar refractivity (Wildman–Crippen MR) is 120 cm³/mol. The van der Waals surface area contributed by atoms with E-state index in [0.29, 0.717) is 39.8 Å². The molecule has 0 aliphatic rings. The van der Waals surface area contributed by atoms with Crippen LogP contribution in [0.4, 0.5) is 5.69 Å². The van der Waals surface area contributed by atoms with Crippen LogP contribution in [-0.4, -0.2) is 53.7 Å². The summed E-state index contributed by atoms with van der Waals surface area (Å²) in [6.45, 7) is 1.89. The standard InChI is InChI=1S/C23H28N2O6/c1-14(22(27)16-11-19(29-4)23(31-6)20(12-16)30-5)9-15-7-8-18(28-3)17(10-15)25-21(26)13-24-2/h7-12,24H,13H2,1-6H3,(H,25,26). The van der Waals surface area contributed by atoms with Gasteiger partial charge in [0.1, 0.15) is 5.75 Å². The Morgan fingerprint density at radius 1 is 0.903 bits per heavy atom. The highest BCUT2D eigenvalue weighted by Crippen LogP contribution is 2.38. The number of hydrogen-bond donors (Lipinski definition) is 2.